The smallest absolute Gasteiger partial charge is 0.351 e. The maximum absolute atomic E-state index is 14.1. The van der Waals surface area contributed by atoms with Gasteiger partial charge in [-0.3, -0.25) is 4.57 Å². The minimum Gasteiger partial charge on any atom is -0.387 e. The molecule has 1 aromatic rings. The normalized spacial score (nSPS) is 45.9. The van der Waals surface area contributed by atoms with Gasteiger partial charge in [-0.2, -0.15) is 4.98 Å². The van der Waals surface area contributed by atoms with Gasteiger partial charge in [0.25, 0.3) is 0 Å². The molecule has 1 unspecified atom stereocenters. The molecule has 0 amide bonds. The SMILES string of the molecule is C[C@]12O[C@@H](n3ccc(N)nc3=O)[C@H](F)[C@@]1(O)C2O. The Balaban J connectivity index is 2.00. The summed E-state index contributed by atoms with van der Waals surface area (Å²) in [5.74, 6) is 0.0137. The van der Waals surface area contributed by atoms with Gasteiger partial charge < -0.3 is 20.7 Å². The molecule has 1 aliphatic carbocycles. The molecule has 7 nitrogen and oxygen atoms in total. The van der Waals surface area contributed by atoms with Crippen molar-refractivity contribution in [3.05, 3.63) is 22.7 Å². The molecule has 98 valence electrons. The Hall–Kier alpha value is -1.51. The molecule has 5 atom stereocenters. The van der Waals surface area contributed by atoms with Gasteiger partial charge in [-0.25, -0.2) is 9.18 Å². The van der Waals surface area contributed by atoms with E-state index in [9.17, 15) is 19.4 Å². The number of rotatable bonds is 1. The number of nitrogens with two attached hydrogens (primary N) is 1. The highest BCUT2D eigenvalue weighted by atomic mass is 19.1. The highest BCUT2D eigenvalue weighted by molar-refractivity contribution is 5.34. The Bertz CT molecular complexity index is 578. The van der Waals surface area contributed by atoms with Crippen LogP contribution in [0.1, 0.15) is 13.2 Å². The first-order valence-corrected chi connectivity index (χ1v) is 5.39. The monoisotopic (exact) mass is 257 g/mol. The van der Waals surface area contributed by atoms with Gasteiger partial charge in [0.1, 0.15) is 17.5 Å². The largest absolute Gasteiger partial charge is 0.387 e. The third-order valence-corrected chi connectivity index (χ3v) is 3.81. The molecule has 18 heavy (non-hydrogen) atoms. The Kier molecular flexibility index (Phi) is 1.98. The van der Waals surface area contributed by atoms with E-state index in [-0.39, 0.29) is 5.82 Å². The first-order chi connectivity index (χ1) is 8.32. The summed E-state index contributed by atoms with van der Waals surface area (Å²) in [6, 6.07) is 1.32. The van der Waals surface area contributed by atoms with Crippen molar-refractivity contribution in [3.63, 3.8) is 0 Å². The first kappa shape index (κ1) is 11.6. The molecular weight excluding hydrogens is 245 g/mol. The summed E-state index contributed by atoms with van der Waals surface area (Å²) in [6.45, 7) is 1.39. The Morgan fingerprint density at radius 1 is 1.67 bits per heavy atom. The van der Waals surface area contributed by atoms with Crippen molar-refractivity contribution < 1.29 is 19.3 Å². The molecule has 1 saturated carbocycles. The number of aromatic nitrogens is 2. The van der Waals surface area contributed by atoms with Crippen molar-refractivity contribution in [3.8, 4) is 0 Å². The van der Waals surface area contributed by atoms with Crippen LogP contribution in [0.2, 0.25) is 0 Å². The van der Waals surface area contributed by atoms with E-state index in [4.69, 9.17) is 10.5 Å². The number of aliphatic hydroxyl groups is 2. The van der Waals surface area contributed by atoms with Crippen molar-refractivity contribution in [2.45, 2.75) is 36.6 Å². The van der Waals surface area contributed by atoms with Gasteiger partial charge in [0.15, 0.2) is 18.0 Å². The van der Waals surface area contributed by atoms with Crippen LogP contribution in [-0.2, 0) is 4.74 Å². The number of anilines is 1. The number of fused-ring (bicyclic) bond motifs is 1. The van der Waals surface area contributed by atoms with Crippen LogP contribution in [0.15, 0.2) is 17.1 Å². The Morgan fingerprint density at radius 3 is 2.83 bits per heavy atom. The highest BCUT2D eigenvalue weighted by Gasteiger charge is 2.85. The number of nitrogens with zero attached hydrogens (tertiary/aromatic N) is 2. The van der Waals surface area contributed by atoms with Gasteiger partial charge in [0.2, 0.25) is 0 Å². The Morgan fingerprint density at radius 2 is 2.33 bits per heavy atom. The lowest BCUT2D eigenvalue weighted by Crippen LogP contribution is -2.38. The van der Waals surface area contributed by atoms with E-state index in [1.165, 1.54) is 19.2 Å². The topological polar surface area (TPSA) is 111 Å². The number of hydrogen-bond acceptors (Lipinski definition) is 6. The van der Waals surface area contributed by atoms with Crippen LogP contribution in [0, 0.1) is 0 Å². The number of halogens is 1. The lowest BCUT2D eigenvalue weighted by molar-refractivity contribution is -0.0878. The molecule has 4 N–H and O–H groups in total. The lowest BCUT2D eigenvalue weighted by Gasteiger charge is -2.21. The molecule has 1 aliphatic heterocycles. The molecule has 0 aromatic carbocycles. The molecule has 2 heterocycles. The van der Waals surface area contributed by atoms with E-state index in [2.05, 4.69) is 4.98 Å². The van der Waals surface area contributed by atoms with Crippen LogP contribution in [-0.4, -0.2) is 43.2 Å². The lowest BCUT2D eigenvalue weighted by atomic mass is 10.1. The molecule has 3 rings (SSSR count). The summed E-state index contributed by atoms with van der Waals surface area (Å²) in [7, 11) is 0. The van der Waals surface area contributed by atoms with E-state index in [0.29, 0.717) is 0 Å². The maximum Gasteiger partial charge on any atom is 0.351 e. The molecule has 1 aromatic heterocycles. The summed E-state index contributed by atoms with van der Waals surface area (Å²) in [4.78, 5) is 15.0. The second-order valence-corrected chi connectivity index (χ2v) is 4.79. The molecule has 1 saturated heterocycles. The average Bonchev–Trinajstić information content (AvgIpc) is 2.62. The summed E-state index contributed by atoms with van der Waals surface area (Å²) in [6.07, 6.45) is -3.29. The number of aliphatic hydroxyl groups excluding tert-OH is 1. The van der Waals surface area contributed by atoms with Gasteiger partial charge in [-0.05, 0) is 13.0 Å². The minimum atomic E-state index is -1.97. The summed E-state index contributed by atoms with van der Waals surface area (Å²) >= 11 is 0. The van der Waals surface area contributed by atoms with Crippen molar-refractivity contribution in [2.24, 2.45) is 0 Å². The van der Waals surface area contributed by atoms with Crippen LogP contribution in [0.25, 0.3) is 0 Å². The van der Waals surface area contributed by atoms with Crippen LogP contribution in [0.5, 0.6) is 0 Å². The van der Waals surface area contributed by atoms with Crippen LogP contribution < -0.4 is 11.4 Å². The van der Waals surface area contributed by atoms with E-state index in [0.717, 1.165) is 4.57 Å². The fourth-order valence-corrected chi connectivity index (χ4v) is 2.51. The number of ether oxygens (including phenoxy) is 1. The van der Waals surface area contributed by atoms with Gasteiger partial charge in [-0.15, -0.1) is 0 Å². The van der Waals surface area contributed by atoms with Crippen LogP contribution in [0.4, 0.5) is 10.2 Å². The quantitative estimate of drug-likeness (QED) is 0.568. The zero-order valence-corrected chi connectivity index (χ0v) is 9.45. The van der Waals surface area contributed by atoms with E-state index < -0.39 is 35.4 Å². The van der Waals surface area contributed by atoms with Crippen molar-refractivity contribution in [1.29, 1.82) is 0 Å². The highest BCUT2D eigenvalue weighted by Crippen LogP contribution is 2.62. The number of alkyl halides is 1. The third-order valence-electron chi connectivity index (χ3n) is 3.81. The zero-order valence-electron chi connectivity index (χ0n) is 9.45. The Labute approximate surface area is 101 Å². The molecule has 0 spiro atoms. The van der Waals surface area contributed by atoms with Crippen molar-refractivity contribution in [1.82, 2.24) is 9.55 Å². The van der Waals surface area contributed by atoms with Gasteiger partial charge >= 0.3 is 5.69 Å². The summed E-state index contributed by atoms with van der Waals surface area (Å²) in [5.41, 5.74) is 1.19. The molecule has 8 heteroatoms. The predicted octanol–water partition coefficient (Wildman–Crippen LogP) is -1.44. The molecule has 2 aliphatic rings. The predicted molar refractivity (Wildman–Crippen MR) is 57.3 cm³/mol. The number of nitrogen functional groups attached to an aromatic ring is 1. The van der Waals surface area contributed by atoms with Gasteiger partial charge in [0.05, 0.1) is 0 Å². The van der Waals surface area contributed by atoms with Gasteiger partial charge in [0, 0.05) is 6.20 Å². The van der Waals surface area contributed by atoms with E-state index in [1.54, 1.807) is 0 Å². The fraction of sp³-hybridized carbons (Fsp3) is 0.600. The van der Waals surface area contributed by atoms with Crippen LogP contribution in [0.3, 0.4) is 0 Å². The summed E-state index contributed by atoms with van der Waals surface area (Å²) in [5, 5.41) is 19.4. The third kappa shape index (κ3) is 1.08. The maximum atomic E-state index is 14.1. The second kappa shape index (κ2) is 3.08. The molecular formula is C10H12FN3O4. The van der Waals surface area contributed by atoms with Crippen molar-refractivity contribution in [2.75, 3.05) is 5.73 Å². The molecule has 0 radical (unpaired) electrons. The fourth-order valence-electron chi connectivity index (χ4n) is 2.51. The standard InChI is InChI=1S/C10H12FN3O4/c1-9-7(15)10(9,17)5(11)6(18-9)14-3-2-4(12)13-8(14)16/h2-3,5-7,15,17H,1H3,(H2,12,13,16)/t5-,6+,7?,9+,10+/m0/s1. The summed E-state index contributed by atoms with van der Waals surface area (Å²) < 4.78 is 20.3. The number of hydrogen-bond donors (Lipinski definition) is 3. The van der Waals surface area contributed by atoms with Gasteiger partial charge in [-0.1, -0.05) is 0 Å². The minimum absolute atomic E-state index is 0.0137. The first-order valence-electron chi connectivity index (χ1n) is 5.39. The zero-order chi connectivity index (χ0) is 13.3. The second-order valence-electron chi connectivity index (χ2n) is 4.79. The van der Waals surface area contributed by atoms with E-state index in [1.807, 2.05) is 0 Å². The van der Waals surface area contributed by atoms with Crippen molar-refractivity contribution >= 4 is 5.82 Å². The molecule has 2 fully saturated rings. The molecule has 0 bridgehead atoms. The average molecular weight is 257 g/mol. The van der Waals surface area contributed by atoms with E-state index >= 15 is 0 Å². The van der Waals surface area contributed by atoms with Crippen LogP contribution >= 0.6 is 0 Å².